The molecule has 0 heterocycles. The number of carbonyl (C=O) groups is 6. The van der Waals surface area contributed by atoms with Gasteiger partial charge in [-0.05, 0) is 102 Å². The average molecular weight is 747 g/mol. The molecule has 56 heavy (non-hydrogen) atoms. The lowest BCUT2D eigenvalue weighted by atomic mass is 10.0. The van der Waals surface area contributed by atoms with Gasteiger partial charge in [-0.15, -0.1) is 0 Å². The molecule has 12 heteroatoms. The highest BCUT2D eigenvalue weighted by molar-refractivity contribution is 6.13. The summed E-state index contributed by atoms with van der Waals surface area (Å²) in [5.41, 5.74) is 5.41. The molecule has 0 aliphatic rings. The van der Waals surface area contributed by atoms with Gasteiger partial charge in [-0.2, -0.15) is 0 Å². The second-order valence-corrected chi connectivity index (χ2v) is 12.7. The highest BCUT2D eigenvalue weighted by Gasteiger charge is 2.21. The van der Waals surface area contributed by atoms with E-state index in [-0.39, 0.29) is 33.4 Å². The van der Waals surface area contributed by atoms with E-state index in [0.717, 1.165) is 39.9 Å². The summed E-state index contributed by atoms with van der Waals surface area (Å²) in [5.74, 6) is -5.05. The topological polar surface area (TPSA) is 191 Å². The zero-order valence-corrected chi connectivity index (χ0v) is 30.0. The summed E-state index contributed by atoms with van der Waals surface area (Å²) in [6.45, 7) is 2.01. The first-order valence-electron chi connectivity index (χ1n) is 17.2. The van der Waals surface area contributed by atoms with E-state index in [2.05, 4.69) is 21.3 Å². The Kier molecular flexibility index (Phi) is 11.1. The van der Waals surface area contributed by atoms with Crippen molar-refractivity contribution >= 4 is 52.6 Å². The Morgan fingerprint density at radius 2 is 0.714 bits per heavy atom. The summed E-state index contributed by atoms with van der Waals surface area (Å²) in [6.07, 6.45) is 0. The molecule has 0 radical (unpaired) electrons. The van der Waals surface area contributed by atoms with Gasteiger partial charge in [0.1, 0.15) is 0 Å². The quantitative estimate of drug-likeness (QED) is 0.0772. The van der Waals surface area contributed by atoms with E-state index in [0.29, 0.717) is 17.1 Å². The molecule has 0 aliphatic carbocycles. The van der Waals surface area contributed by atoms with E-state index in [9.17, 15) is 39.0 Å². The zero-order valence-electron chi connectivity index (χ0n) is 30.0. The van der Waals surface area contributed by atoms with Gasteiger partial charge in [-0.3, -0.25) is 19.2 Å². The number of anilines is 3. The molecule has 0 bridgehead atoms. The van der Waals surface area contributed by atoms with Gasteiger partial charge in [0.15, 0.2) is 0 Å². The Morgan fingerprint density at radius 1 is 0.393 bits per heavy atom. The summed E-state index contributed by atoms with van der Waals surface area (Å²) in [5, 5.41) is 30.0. The number of hydrogen-bond donors (Lipinski definition) is 6. The Morgan fingerprint density at radius 3 is 1.05 bits per heavy atom. The molecular formula is C44H34N4O8. The van der Waals surface area contributed by atoms with Crippen LogP contribution >= 0.6 is 0 Å². The van der Waals surface area contributed by atoms with Crippen LogP contribution < -0.4 is 21.3 Å². The molecule has 0 aromatic heterocycles. The Bertz CT molecular complexity index is 2490. The standard InChI is InChI=1S/C44H34N4O8/c1-25-3-5-26(6-4-25)27-11-19-34(20-12-27)48-42(52)36-22-14-31(24-38(36)44(55)56)40(50)47-33-17-9-29(10-18-33)28-7-15-32(16-8-28)46-39(49)30-13-21-35(41(51)45-2)37(23-30)43(53)54/h3-24H,1-2H3,(H,45,51)(H,46,49)(H,47,50)(H,48,52)(H,53,54)(H,55,56). The first kappa shape index (κ1) is 37.9. The Labute approximate surface area is 320 Å². The number of aromatic carboxylic acids is 2. The van der Waals surface area contributed by atoms with Gasteiger partial charge in [0.05, 0.1) is 22.3 Å². The third-order valence-electron chi connectivity index (χ3n) is 8.89. The van der Waals surface area contributed by atoms with E-state index in [1.165, 1.54) is 31.3 Å². The van der Waals surface area contributed by atoms with Crippen molar-refractivity contribution in [2.45, 2.75) is 6.92 Å². The summed E-state index contributed by atoms with van der Waals surface area (Å²) >= 11 is 0. The minimum Gasteiger partial charge on any atom is -0.478 e. The van der Waals surface area contributed by atoms with Crippen LogP contribution in [0.5, 0.6) is 0 Å². The molecule has 0 spiro atoms. The lowest BCUT2D eigenvalue weighted by Crippen LogP contribution is -2.22. The predicted molar refractivity (Wildman–Crippen MR) is 213 cm³/mol. The fourth-order valence-electron chi connectivity index (χ4n) is 5.84. The van der Waals surface area contributed by atoms with Gasteiger partial charge in [0.25, 0.3) is 23.6 Å². The lowest BCUT2D eigenvalue weighted by molar-refractivity contribution is 0.0683. The van der Waals surface area contributed by atoms with Crippen molar-refractivity contribution in [1.29, 1.82) is 0 Å². The van der Waals surface area contributed by atoms with Crippen molar-refractivity contribution in [1.82, 2.24) is 5.32 Å². The molecule has 0 saturated carbocycles. The first-order chi connectivity index (χ1) is 26.9. The van der Waals surface area contributed by atoms with Crippen LogP contribution in [0.25, 0.3) is 22.3 Å². The van der Waals surface area contributed by atoms with Crippen molar-refractivity contribution in [2.75, 3.05) is 23.0 Å². The monoisotopic (exact) mass is 746 g/mol. The van der Waals surface area contributed by atoms with Gasteiger partial charge in [-0.1, -0.05) is 66.2 Å². The van der Waals surface area contributed by atoms with Crippen LogP contribution in [0.4, 0.5) is 17.1 Å². The van der Waals surface area contributed by atoms with Crippen LogP contribution in [0.15, 0.2) is 133 Å². The maximum absolute atomic E-state index is 13.1. The number of carboxylic acid groups (broad SMARTS) is 2. The van der Waals surface area contributed by atoms with Crippen LogP contribution in [-0.2, 0) is 0 Å². The molecule has 12 nitrogen and oxygen atoms in total. The summed E-state index contributed by atoms with van der Waals surface area (Å²) < 4.78 is 0. The second kappa shape index (κ2) is 16.4. The van der Waals surface area contributed by atoms with Crippen molar-refractivity contribution in [2.24, 2.45) is 0 Å². The van der Waals surface area contributed by atoms with Crippen LogP contribution in [0.3, 0.4) is 0 Å². The zero-order chi connectivity index (χ0) is 39.9. The second-order valence-electron chi connectivity index (χ2n) is 12.7. The van der Waals surface area contributed by atoms with E-state index in [4.69, 9.17) is 0 Å². The molecule has 0 atom stereocenters. The number of carboxylic acids is 2. The van der Waals surface area contributed by atoms with Gasteiger partial charge in [0, 0.05) is 35.2 Å². The van der Waals surface area contributed by atoms with Crippen molar-refractivity contribution < 1.29 is 39.0 Å². The first-order valence-corrected chi connectivity index (χ1v) is 17.2. The average Bonchev–Trinajstić information content (AvgIpc) is 3.21. The fourth-order valence-corrected chi connectivity index (χ4v) is 5.84. The fraction of sp³-hybridized carbons (Fsp3) is 0.0455. The number of hydrogen-bond acceptors (Lipinski definition) is 6. The molecule has 6 rings (SSSR count). The SMILES string of the molecule is CNC(=O)c1ccc(C(=O)Nc2ccc(-c3ccc(NC(=O)c4ccc(C(=O)Nc5ccc(-c6ccc(C)cc6)cc5)c(C(=O)O)c4)cc3)cc2)cc1C(=O)O. The summed E-state index contributed by atoms with van der Waals surface area (Å²) in [4.78, 5) is 75.0. The molecule has 0 fully saturated rings. The van der Waals surface area contributed by atoms with Crippen LogP contribution in [0.2, 0.25) is 0 Å². The van der Waals surface area contributed by atoms with E-state index >= 15 is 0 Å². The molecule has 0 unspecified atom stereocenters. The predicted octanol–water partition coefficient (Wildman–Crippen LogP) is 7.84. The van der Waals surface area contributed by atoms with Crippen LogP contribution in [0, 0.1) is 6.92 Å². The molecule has 0 saturated heterocycles. The summed E-state index contributed by atoms with van der Waals surface area (Å²) in [6, 6.07) is 36.6. The van der Waals surface area contributed by atoms with Crippen molar-refractivity contribution in [3.8, 4) is 22.3 Å². The Hall–Kier alpha value is -7.86. The molecule has 6 aromatic carbocycles. The van der Waals surface area contributed by atoms with E-state index in [1.54, 1.807) is 60.7 Å². The summed E-state index contributed by atoms with van der Waals surface area (Å²) in [7, 11) is 1.38. The Balaban J connectivity index is 1.08. The van der Waals surface area contributed by atoms with Gasteiger partial charge in [0.2, 0.25) is 0 Å². The highest BCUT2D eigenvalue weighted by Crippen LogP contribution is 2.26. The maximum atomic E-state index is 13.1. The third-order valence-corrected chi connectivity index (χ3v) is 8.89. The molecule has 278 valence electrons. The molecule has 0 aliphatic heterocycles. The number of aryl methyl sites for hydroxylation is 1. The number of rotatable bonds is 11. The molecule has 4 amide bonds. The third kappa shape index (κ3) is 8.67. The van der Waals surface area contributed by atoms with Crippen LogP contribution in [-0.4, -0.2) is 52.8 Å². The molecular weight excluding hydrogens is 713 g/mol. The maximum Gasteiger partial charge on any atom is 0.336 e. The number of benzene rings is 6. The number of nitrogens with one attached hydrogen (secondary N) is 4. The molecule has 6 aromatic rings. The van der Waals surface area contributed by atoms with Gasteiger partial charge < -0.3 is 31.5 Å². The van der Waals surface area contributed by atoms with Crippen molar-refractivity contribution in [3.05, 3.63) is 172 Å². The van der Waals surface area contributed by atoms with E-state index < -0.39 is 35.6 Å². The minimum absolute atomic E-state index is 0.0460. The number of amides is 4. The molecule has 6 N–H and O–H groups in total. The number of carbonyl (C=O) groups excluding carboxylic acids is 4. The smallest absolute Gasteiger partial charge is 0.336 e. The lowest BCUT2D eigenvalue weighted by Gasteiger charge is -2.11. The van der Waals surface area contributed by atoms with E-state index in [1.807, 2.05) is 43.3 Å². The van der Waals surface area contributed by atoms with Crippen LogP contribution in [0.1, 0.15) is 67.7 Å². The normalized spacial score (nSPS) is 10.5. The van der Waals surface area contributed by atoms with Crippen molar-refractivity contribution in [3.63, 3.8) is 0 Å². The highest BCUT2D eigenvalue weighted by atomic mass is 16.4. The van der Waals surface area contributed by atoms with Gasteiger partial charge >= 0.3 is 11.9 Å². The van der Waals surface area contributed by atoms with Gasteiger partial charge in [-0.25, -0.2) is 9.59 Å². The minimum atomic E-state index is -1.36. The largest absolute Gasteiger partial charge is 0.478 e.